The van der Waals surface area contributed by atoms with Crippen LogP contribution < -0.4 is 5.32 Å². The summed E-state index contributed by atoms with van der Waals surface area (Å²) >= 11 is 0. The highest BCUT2D eigenvalue weighted by Crippen LogP contribution is 2.33. The van der Waals surface area contributed by atoms with Crippen molar-refractivity contribution in [1.29, 1.82) is 0 Å². The van der Waals surface area contributed by atoms with Crippen LogP contribution in [0, 0.1) is 17.8 Å². The Labute approximate surface area is 83.3 Å². The van der Waals surface area contributed by atoms with Crippen molar-refractivity contribution < 1.29 is 0 Å². The number of hydrogen-bond acceptors (Lipinski definition) is 1. The van der Waals surface area contributed by atoms with E-state index in [1.165, 1.54) is 38.6 Å². The maximum absolute atomic E-state index is 3.29. The van der Waals surface area contributed by atoms with E-state index in [1.807, 2.05) is 0 Å². The summed E-state index contributed by atoms with van der Waals surface area (Å²) in [5.41, 5.74) is 0. The highest BCUT2D eigenvalue weighted by Gasteiger charge is 2.23. The zero-order valence-electron chi connectivity index (χ0n) is 9.47. The smallest absolute Gasteiger partial charge is 0.00235 e. The van der Waals surface area contributed by atoms with E-state index in [0.29, 0.717) is 0 Å². The molecule has 1 aliphatic rings. The van der Waals surface area contributed by atoms with Crippen molar-refractivity contribution in [3.63, 3.8) is 0 Å². The number of nitrogens with one attached hydrogen (secondary N) is 1. The highest BCUT2D eigenvalue weighted by atomic mass is 14.8. The lowest BCUT2D eigenvalue weighted by Gasteiger charge is -2.31. The van der Waals surface area contributed by atoms with E-state index in [-0.39, 0.29) is 0 Å². The van der Waals surface area contributed by atoms with Gasteiger partial charge in [0.15, 0.2) is 0 Å². The van der Waals surface area contributed by atoms with Crippen molar-refractivity contribution in [3.05, 3.63) is 0 Å². The Kier molecular flexibility index (Phi) is 4.79. The third-order valence-electron chi connectivity index (χ3n) is 3.82. The lowest BCUT2D eigenvalue weighted by molar-refractivity contribution is 0.202. The molecule has 0 aromatic carbocycles. The fourth-order valence-electron chi connectivity index (χ4n) is 2.63. The van der Waals surface area contributed by atoms with Crippen LogP contribution in [-0.4, -0.2) is 13.6 Å². The maximum atomic E-state index is 3.29. The summed E-state index contributed by atoms with van der Waals surface area (Å²) in [5.74, 6) is 2.76. The molecule has 1 aliphatic carbocycles. The average molecular weight is 183 g/mol. The van der Waals surface area contributed by atoms with Crippen molar-refractivity contribution in [2.75, 3.05) is 13.6 Å². The summed E-state index contributed by atoms with van der Waals surface area (Å²) < 4.78 is 0. The minimum atomic E-state index is 0.841. The van der Waals surface area contributed by atoms with Crippen LogP contribution in [-0.2, 0) is 0 Å². The lowest BCUT2D eigenvalue weighted by atomic mass is 9.75. The molecular formula is C12H25N. The van der Waals surface area contributed by atoms with Gasteiger partial charge in [-0.2, -0.15) is 0 Å². The fourth-order valence-corrected chi connectivity index (χ4v) is 2.63. The first kappa shape index (κ1) is 11.0. The Balaban J connectivity index is 2.31. The summed E-state index contributed by atoms with van der Waals surface area (Å²) in [7, 11) is 2.06. The largest absolute Gasteiger partial charge is 0.319 e. The Bertz CT molecular complexity index is 127. The quantitative estimate of drug-likeness (QED) is 0.706. The van der Waals surface area contributed by atoms with Gasteiger partial charge in [-0.25, -0.2) is 0 Å². The van der Waals surface area contributed by atoms with Crippen molar-refractivity contribution in [3.8, 4) is 0 Å². The first-order valence-electron chi connectivity index (χ1n) is 5.90. The van der Waals surface area contributed by atoms with Gasteiger partial charge < -0.3 is 5.32 Å². The van der Waals surface area contributed by atoms with E-state index < -0.39 is 0 Å². The molecule has 0 spiro atoms. The first-order chi connectivity index (χ1) is 6.25. The molecule has 1 N–H and O–H groups in total. The van der Waals surface area contributed by atoms with Crippen LogP contribution >= 0.6 is 0 Å². The van der Waals surface area contributed by atoms with Gasteiger partial charge in [0.05, 0.1) is 0 Å². The second kappa shape index (κ2) is 5.64. The molecule has 13 heavy (non-hydrogen) atoms. The summed E-state index contributed by atoms with van der Waals surface area (Å²) in [6.45, 7) is 6.01. The van der Waals surface area contributed by atoms with Crippen LogP contribution in [0.25, 0.3) is 0 Å². The molecule has 0 bridgehead atoms. The molecule has 2 unspecified atom stereocenters. The van der Waals surface area contributed by atoms with Gasteiger partial charge in [0.25, 0.3) is 0 Å². The lowest BCUT2D eigenvalue weighted by Crippen LogP contribution is -2.28. The minimum Gasteiger partial charge on any atom is -0.319 e. The average Bonchev–Trinajstić information content (AvgIpc) is 2.18. The molecule has 1 heteroatoms. The fraction of sp³-hybridized carbons (Fsp3) is 1.00. The molecule has 0 aromatic heterocycles. The van der Waals surface area contributed by atoms with Gasteiger partial charge in [-0.05, 0) is 31.3 Å². The Hall–Kier alpha value is -0.0400. The zero-order chi connectivity index (χ0) is 9.68. The summed E-state index contributed by atoms with van der Waals surface area (Å²) in [6.07, 6.45) is 7.39. The van der Waals surface area contributed by atoms with Gasteiger partial charge in [0.1, 0.15) is 0 Å². The van der Waals surface area contributed by atoms with Crippen LogP contribution in [0.4, 0.5) is 0 Å². The molecule has 1 fully saturated rings. The molecular weight excluding hydrogens is 158 g/mol. The molecule has 1 nitrogen and oxygen atoms in total. The van der Waals surface area contributed by atoms with Crippen LogP contribution in [0.3, 0.4) is 0 Å². The molecule has 1 rings (SSSR count). The molecule has 0 aliphatic heterocycles. The Morgan fingerprint density at radius 1 is 1.15 bits per heavy atom. The predicted octanol–water partition coefficient (Wildman–Crippen LogP) is 3.06. The third kappa shape index (κ3) is 3.30. The summed E-state index contributed by atoms with van der Waals surface area (Å²) in [5, 5.41) is 3.29. The predicted molar refractivity (Wildman–Crippen MR) is 58.8 cm³/mol. The monoisotopic (exact) mass is 183 g/mol. The van der Waals surface area contributed by atoms with E-state index in [0.717, 1.165) is 17.8 Å². The van der Waals surface area contributed by atoms with E-state index >= 15 is 0 Å². The molecule has 2 atom stereocenters. The second-order valence-electron chi connectivity index (χ2n) is 4.79. The number of rotatable bonds is 4. The van der Waals surface area contributed by atoms with Crippen LogP contribution in [0.2, 0.25) is 0 Å². The van der Waals surface area contributed by atoms with Gasteiger partial charge >= 0.3 is 0 Å². The standard InChI is InChI=1S/C12H25N/c1-10(9-13-3)11(2)12-7-5-4-6-8-12/h10-13H,4-9H2,1-3H3. The molecule has 0 amide bonds. The molecule has 0 heterocycles. The van der Waals surface area contributed by atoms with E-state index in [1.54, 1.807) is 0 Å². The second-order valence-corrected chi connectivity index (χ2v) is 4.79. The Morgan fingerprint density at radius 2 is 1.77 bits per heavy atom. The summed E-state index contributed by atoms with van der Waals surface area (Å²) in [6, 6.07) is 0. The highest BCUT2D eigenvalue weighted by molar-refractivity contribution is 4.75. The van der Waals surface area contributed by atoms with Crippen LogP contribution in [0.1, 0.15) is 46.0 Å². The SMILES string of the molecule is CNCC(C)C(C)C1CCCCC1. The zero-order valence-corrected chi connectivity index (χ0v) is 9.47. The van der Waals surface area contributed by atoms with Crippen LogP contribution in [0.15, 0.2) is 0 Å². The van der Waals surface area contributed by atoms with Crippen molar-refractivity contribution in [2.45, 2.75) is 46.0 Å². The third-order valence-corrected chi connectivity index (χ3v) is 3.82. The van der Waals surface area contributed by atoms with Gasteiger partial charge in [0.2, 0.25) is 0 Å². The van der Waals surface area contributed by atoms with Gasteiger partial charge in [-0.15, -0.1) is 0 Å². The minimum absolute atomic E-state index is 0.841. The van der Waals surface area contributed by atoms with Crippen molar-refractivity contribution in [2.24, 2.45) is 17.8 Å². The topological polar surface area (TPSA) is 12.0 Å². The molecule has 78 valence electrons. The summed E-state index contributed by atoms with van der Waals surface area (Å²) in [4.78, 5) is 0. The van der Waals surface area contributed by atoms with Crippen LogP contribution in [0.5, 0.6) is 0 Å². The maximum Gasteiger partial charge on any atom is -0.00235 e. The van der Waals surface area contributed by atoms with E-state index in [2.05, 4.69) is 26.2 Å². The molecule has 1 saturated carbocycles. The van der Waals surface area contributed by atoms with Crippen molar-refractivity contribution in [1.82, 2.24) is 5.32 Å². The normalized spacial score (nSPS) is 24.2. The van der Waals surface area contributed by atoms with Gasteiger partial charge in [0, 0.05) is 0 Å². The molecule has 0 radical (unpaired) electrons. The molecule has 0 saturated heterocycles. The van der Waals surface area contributed by atoms with Gasteiger partial charge in [-0.3, -0.25) is 0 Å². The number of hydrogen-bond donors (Lipinski definition) is 1. The molecule has 0 aromatic rings. The van der Waals surface area contributed by atoms with Crippen molar-refractivity contribution >= 4 is 0 Å². The van der Waals surface area contributed by atoms with E-state index in [9.17, 15) is 0 Å². The Morgan fingerprint density at radius 3 is 2.31 bits per heavy atom. The first-order valence-corrected chi connectivity index (χ1v) is 5.90. The van der Waals surface area contributed by atoms with Gasteiger partial charge in [-0.1, -0.05) is 46.0 Å². The van der Waals surface area contributed by atoms with E-state index in [4.69, 9.17) is 0 Å².